The van der Waals surface area contributed by atoms with Crippen LogP contribution in [0, 0.1) is 0 Å². The van der Waals surface area contributed by atoms with Crippen molar-refractivity contribution < 1.29 is 0 Å². The number of para-hydroxylation sites is 2. The number of benzene rings is 1. The first-order valence-corrected chi connectivity index (χ1v) is 8.61. The Bertz CT molecular complexity index is 1060. The largest absolute Gasteiger partial charge is 0.363 e. The number of nitrogens with zero attached hydrogens (tertiary/aromatic N) is 5. The number of hydrogen-bond donors (Lipinski definition) is 1. The summed E-state index contributed by atoms with van der Waals surface area (Å²) in [6.07, 6.45) is 1.85. The highest BCUT2D eigenvalue weighted by molar-refractivity contribution is 6.29. The summed E-state index contributed by atoms with van der Waals surface area (Å²) >= 11 is 6.22. The number of imidazole rings is 1. The highest BCUT2D eigenvalue weighted by Crippen LogP contribution is 2.24. The zero-order valence-electron chi connectivity index (χ0n) is 14.4. The van der Waals surface area contributed by atoms with E-state index < -0.39 is 0 Å². The lowest BCUT2D eigenvalue weighted by Gasteiger charge is -2.10. The standard InChI is InChI=1S/C18H19ClN6/c1-11(2)12-9-21-25-16(8-15(19)23-18(12)25)20-10-17-22-13-6-4-5-7-14(13)24(17)3/h4-9,11,20H,10H2,1-3H3. The van der Waals surface area contributed by atoms with Gasteiger partial charge in [-0.3, -0.25) is 0 Å². The fourth-order valence-corrected chi connectivity index (χ4v) is 3.19. The van der Waals surface area contributed by atoms with Gasteiger partial charge in [-0.15, -0.1) is 0 Å². The minimum absolute atomic E-state index is 0.330. The zero-order valence-corrected chi connectivity index (χ0v) is 15.1. The van der Waals surface area contributed by atoms with Gasteiger partial charge in [0.15, 0.2) is 5.65 Å². The summed E-state index contributed by atoms with van der Waals surface area (Å²) in [6, 6.07) is 9.88. The normalized spacial score (nSPS) is 11.7. The van der Waals surface area contributed by atoms with Crippen LogP contribution in [-0.2, 0) is 13.6 Å². The van der Waals surface area contributed by atoms with Gasteiger partial charge in [0, 0.05) is 18.7 Å². The molecule has 25 heavy (non-hydrogen) atoms. The maximum Gasteiger partial charge on any atom is 0.162 e. The van der Waals surface area contributed by atoms with Crippen LogP contribution in [0.5, 0.6) is 0 Å². The van der Waals surface area contributed by atoms with Crippen LogP contribution in [0.25, 0.3) is 16.7 Å². The Morgan fingerprint density at radius 3 is 2.76 bits per heavy atom. The molecule has 0 saturated heterocycles. The van der Waals surface area contributed by atoms with Gasteiger partial charge in [0.25, 0.3) is 0 Å². The van der Waals surface area contributed by atoms with Crippen molar-refractivity contribution in [3.63, 3.8) is 0 Å². The Balaban J connectivity index is 1.69. The average molecular weight is 355 g/mol. The van der Waals surface area contributed by atoms with Gasteiger partial charge >= 0.3 is 0 Å². The van der Waals surface area contributed by atoms with Crippen LogP contribution in [0.15, 0.2) is 36.5 Å². The number of aryl methyl sites for hydroxylation is 1. The molecule has 0 bridgehead atoms. The third-order valence-electron chi connectivity index (χ3n) is 4.40. The molecule has 0 atom stereocenters. The second-order valence-electron chi connectivity index (χ2n) is 6.38. The molecular weight excluding hydrogens is 336 g/mol. The average Bonchev–Trinajstić information content (AvgIpc) is 3.14. The smallest absolute Gasteiger partial charge is 0.162 e. The van der Waals surface area contributed by atoms with Crippen molar-refractivity contribution in [2.24, 2.45) is 7.05 Å². The maximum atomic E-state index is 6.22. The third-order valence-corrected chi connectivity index (χ3v) is 4.59. The van der Waals surface area contributed by atoms with E-state index in [0.717, 1.165) is 33.9 Å². The second-order valence-corrected chi connectivity index (χ2v) is 6.77. The van der Waals surface area contributed by atoms with Crippen LogP contribution in [-0.4, -0.2) is 24.1 Å². The predicted molar refractivity (Wildman–Crippen MR) is 100 cm³/mol. The van der Waals surface area contributed by atoms with Gasteiger partial charge in [0.2, 0.25) is 0 Å². The number of halogens is 1. The van der Waals surface area contributed by atoms with Gasteiger partial charge in [-0.25, -0.2) is 9.97 Å². The topological polar surface area (TPSA) is 60.0 Å². The Labute approximate surface area is 150 Å². The lowest BCUT2D eigenvalue weighted by Crippen LogP contribution is -2.10. The van der Waals surface area contributed by atoms with Crippen molar-refractivity contribution in [2.45, 2.75) is 26.3 Å². The van der Waals surface area contributed by atoms with Crippen LogP contribution < -0.4 is 5.32 Å². The SMILES string of the molecule is CC(C)c1cnn2c(NCc3nc4ccccc4n3C)cc(Cl)nc12. The fourth-order valence-electron chi connectivity index (χ4n) is 3.01. The van der Waals surface area contributed by atoms with E-state index in [0.29, 0.717) is 17.6 Å². The molecule has 0 fully saturated rings. The molecule has 0 aliphatic rings. The number of rotatable bonds is 4. The van der Waals surface area contributed by atoms with Gasteiger partial charge in [0.05, 0.1) is 23.8 Å². The summed E-state index contributed by atoms with van der Waals surface area (Å²) in [4.78, 5) is 9.12. The number of aromatic nitrogens is 5. The van der Waals surface area contributed by atoms with Crippen LogP contribution >= 0.6 is 11.6 Å². The lowest BCUT2D eigenvalue weighted by atomic mass is 10.1. The molecule has 6 nitrogen and oxygen atoms in total. The molecule has 0 aliphatic carbocycles. The van der Waals surface area contributed by atoms with Crippen molar-refractivity contribution in [3.8, 4) is 0 Å². The Morgan fingerprint density at radius 1 is 1.20 bits per heavy atom. The van der Waals surface area contributed by atoms with Crippen molar-refractivity contribution in [2.75, 3.05) is 5.32 Å². The second kappa shape index (κ2) is 6.04. The first-order valence-electron chi connectivity index (χ1n) is 8.23. The molecule has 7 heteroatoms. The molecule has 1 aromatic carbocycles. The third kappa shape index (κ3) is 2.72. The summed E-state index contributed by atoms with van der Waals surface area (Å²) in [6.45, 7) is 4.80. The molecule has 3 heterocycles. The summed E-state index contributed by atoms with van der Waals surface area (Å²) < 4.78 is 3.88. The van der Waals surface area contributed by atoms with E-state index in [9.17, 15) is 0 Å². The van der Waals surface area contributed by atoms with Crippen molar-refractivity contribution in [1.29, 1.82) is 0 Å². The zero-order chi connectivity index (χ0) is 17.6. The highest BCUT2D eigenvalue weighted by atomic mass is 35.5. The van der Waals surface area contributed by atoms with Gasteiger partial charge in [0.1, 0.15) is 16.8 Å². The Morgan fingerprint density at radius 2 is 2.00 bits per heavy atom. The van der Waals surface area contributed by atoms with Gasteiger partial charge in [-0.2, -0.15) is 9.61 Å². The predicted octanol–water partition coefficient (Wildman–Crippen LogP) is 4.00. The molecule has 0 aliphatic heterocycles. The summed E-state index contributed by atoms with van der Waals surface area (Å²) in [7, 11) is 2.02. The molecule has 128 valence electrons. The minimum Gasteiger partial charge on any atom is -0.363 e. The first kappa shape index (κ1) is 15.9. The van der Waals surface area contributed by atoms with E-state index in [1.165, 1.54) is 0 Å². The number of fused-ring (bicyclic) bond motifs is 2. The van der Waals surface area contributed by atoms with Crippen molar-refractivity contribution >= 4 is 34.1 Å². The van der Waals surface area contributed by atoms with Crippen LogP contribution in [0.2, 0.25) is 5.15 Å². The van der Waals surface area contributed by atoms with E-state index in [4.69, 9.17) is 11.6 Å². The molecule has 0 unspecified atom stereocenters. The first-order chi connectivity index (χ1) is 12.0. The van der Waals surface area contributed by atoms with Crippen LogP contribution in [0.1, 0.15) is 31.2 Å². The molecule has 4 aromatic rings. The summed E-state index contributed by atoms with van der Waals surface area (Å²) in [5, 5.41) is 8.30. The monoisotopic (exact) mass is 354 g/mol. The molecule has 3 aromatic heterocycles. The summed E-state index contributed by atoms with van der Waals surface area (Å²) in [5.41, 5.74) is 3.96. The fraction of sp³-hybridized carbons (Fsp3) is 0.278. The molecule has 0 amide bonds. The van der Waals surface area contributed by atoms with E-state index in [1.54, 1.807) is 10.6 Å². The molecular formula is C18H19ClN6. The number of hydrogen-bond acceptors (Lipinski definition) is 4. The maximum absolute atomic E-state index is 6.22. The summed E-state index contributed by atoms with van der Waals surface area (Å²) in [5.74, 6) is 2.07. The van der Waals surface area contributed by atoms with Crippen molar-refractivity contribution in [1.82, 2.24) is 24.1 Å². The van der Waals surface area contributed by atoms with Gasteiger partial charge in [-0.05, 0) is 18.1 Å². The Hall–Kier alpha value is -2.60. The highest BCUT2D eigenvalue weighted by Gasteiger charge is 2.14. The van der Waals surface area contributed by atoms with Crippen LogP contribution in [0.3, 0.4) is 0 Å². The molecule has 0 radical (unpaired) electrons. The minimum atomic E-state index is 0.330. The Kier molecular flexibility index (Phi) is 3.84. The quantitative estimate of drug-likeness (QED) is 0.562. The van der Waals surface area contributed by atoms with E-state index in [2.05, 4.69) is 44.9 Å². The number of anilines is 1. The molecule has 0 spiro atoms. The van der Waals surface area contributed by atoms with Crippen molar-refractivity contribution in [3.05, 3.63) is 53.1 Å². The van der Waals surface area contributed by atoms with Gasteiger partial charge in [-0.1, -0.05) is 37.6 Å². The molecule has 4 rings (SSSR count). The molecule has 1 N–H and O–H groups in total. The van der Waals surface area contributed by atoms with E-state index >= 15 is 0 Å². The van der Waals surface area contributed by atoms with Crippen LogP contribution in [0.4, 0.5) is 5.82 Å². The van der Waals surface area contributed by atoms with E-state index in [-0.39, 0.29) is 0 Å². The molecule has 0 saturated carbocycles. The van der Waals surface area contributed by atoms with E-state index in [1.807, 2.05) is 31.4 Å². The van der Waals surface area contributed by atoms with Gasteiger partial charge < -0.3 is 9.88 Å². The number of nitrogens with one attached hydrogen (secondary N) is 1. The lowest BCUT2D eigenvalue weighted by molar-refractivity contribution is 0.823.